The maximum Gasteiger partial charge on any atom is 0.329 e. The van der Waals surface area contributed by atoms with Crippen LogP contribution < -0.4 is 11.2 Å². The van der Waals surface area contributed by atoms with E-state index in [1.807, 2.05) is 13.8 Å². The van der Waals surface area contributed by atoms with E-state index in [2.05, 4.69) is 10.9 Å². The Labute approximate surface area is 81.6 Å². The molecule has 4 heteroatoms. The van der Waals surface area contributed by atoms with Crippen molar-refractivity contribution in [2.24, 2.45) is 0 Å². The van der Waals surface area contributed by atoms with Gasteiger partial charge in [0.05, 0.1) is 6.54 Å². The first-order valence-electron chi connectivity index (χ1n) is 4.33. The van der Waals surface area contributed by atoms with E-state index in [-0.39, 0.29) is 18.0 Å². The number of hydrogen-bond donors (Lipinski definition) is 1. The molecule has 14 heavy (non-hydrogen) atoms. The standard InChI is InChI=1S/C10H12N2O2/c1-4-5-12-6-8(7(2)3)9(13)11-10(12)14/h1,6-7H,5H2,2-3H3,(H,11,13,14). The van der Waals surface area contributed by atoms with Gasteiger partial charge in [-0.3, -0.25) is 14.3 Å². The monoisotopic (exact) mass is 192 g/mol. The average molecular weight is 192 g/mol. The second-order valence-electron chi connectivity index (χ2n) is 3.33. The largest absolute Gasteiger partial charge is 0.329 e. The number of nitrogens with zero attached hydrogens (tertiary/aromatic N) is 1. The van der Waals surface area contributed by atoms with Gasteiger partial charge in [0.15, 0.2) is 0 Å². The summed E-state index contributed by atoms with van der Waals surface area (Å²) in [6.07, 6.45) is 6.61. The number of hydrogen-bond acceptors (Lipinski definition) is 2. The number of H-pyrrole nitrogens is 1. The van der Waals surface area contributed by atoms with E-state index in [9.17, 15) is 9.59 Å². The maximum atomic E-state index is 11.3. The maximum absolute atomic E-state index is 11.3. The van der Waals surface area contributed by atoms with Crippen LogP contribution in [0.4, 0.5) is 0 Å². The molecule has 1 aromatic heterocycles. The van der Waals surface area contributed by atoms with E-state index < -0.39 is 5.69 Å². The van der Waals surface area contributed by atoms with Gasteiger partial charge in [-0.2, -0.15) is 0 Å². The van der Waals surface area contributed by atoms with Crippen LogP contribution in [0.2, 0.25) is 0 Å². The van der Waals surface area contributed by atoms with Crippen molar-refractivity contribution in [2.75, 3.05) is 0 Å². The van der Waals surface area contributed by atoms with Gasteiger partial charge in [-0.1, -0.05) is 19.8 Å². The van der Waals surface area contributed by atoms with Crippen LogP contribution >= 0.6 is 0 Å². The highest BCUT2D eigenvalue weighted by atomic mass is 16.2. The van der Waals surface area contributed by atoms with E-state index in [1.54, 1.807) is 0 Å². The summed E-state index contributed by atoms with van der Waals surface area (Å²) < 4.78 is 1.32. The SMILES string of the molecule is C#CCn1cc(C(C)C)c(=O)[nH]c1=O. The molecule has 4 nitrogen and oxygen atoms in total. The Bertz CT molecular complexity index is 474. The Morgan fingerprint density at radius 3 is 2.71 bits per heavy atom. The van der Waals surface area contributed by atoms with Gasteiger partial charge >= 0.3 is 5.69 Å². The second kappa shape index (κ2) is 3.97. The molecule has 1 rings (SSSR count). The number of rotatable bonds is 2. The molecule has 0 spiro atoms. The van der Waals surface area contributed by atoms with Crippen LogP contribution in [0.5, 0.6) is 0 Å². The molecule has 0 amide bonds. The predicted molar refractivity (Wildman–Crippen MR) is 54.2 cm³/mol. The van der Waals surface area contributed by atoms with Gasteiger partial charge in [0.1, 0.15) is 0 Å². The summed E-state index contributed by atoms with van der Waals surface area (Å²) in [4.78, 5) is 24.8. The highest BCUT2D eigenvalue weighted by molar-refractivity contribution is 5.09. The van der Waals surface area contributed by atoms with Crippen molar-refractivity contribution in [3.05, 3.63) is 32.6 Å². The van der Waals surface area contributed by atoms with Crippen LogP contribution in [0.1, 0.15) is 25.3 Å². The number of aromatic amines is 1. The molecule has 0 aromatic carbocycles. The number of terminal acetylenes is 1. The fourth-order valence-corrected chi connectivity index (χ4v) is 1.15. The van der Waals surface area contributed by atoms with Gasteiger partial charge in [-0.25, -0.2) is 4.79 Å². The van der Waals surface area contributed by atoms with E-state index in [0.717, 1.165) is 0 Å². The Balaban J connectivity index is 3.36. The minimum absolute atomic E-state index is 0.0726. The molecular weight excluding hydrogens is 180 g/mol. The first-order chi connectivity index (χ1) is 6.56. The van der Waals surface area contributed by atoms with Gasteiger partial charge in [-0.15, -0.1) is 6.42 Å². The van der Waals surface area contributed by atoms with E-state index in [4.69, 9.17) is 6.42 Å². The molecule has 0 atom stereocenters. The fraction of sp³-hybridized carbons (Fsp3) is 0.400. The molecule has 0 aliphatic heterocycles. The van der Waals surface area contributed by atoms with Crippen LogP contribution in [-0.4, -0.2) is 9.55 Å². The van der Waals surface area contributed by atoms with Gasteiger partial charge in [-0.05, 0) is 5.92 Å². The molecule has 0 unspecified atom stereocenters. The molecule has 1 aromatic rings. The molecule has 0 aliphatic carbocycles. The zero-order chi connectivity index (χ0) is 10.7. The van der Waals surface area contributed by atoms with Crippen LogP contribution in [-0.2, 0) is 6.54 Å². The highest BCUT2D eigenvalue weighted by Gasteiger charge is 2.07. The van der Waals surface area contributed by atoms with E-state index >= 15 is 0 Å². The van der Waals surface area contributed by atoms with Gasteiger partial charge in [0.25, 0.3) is 5.56 Å². The van der Waals surface area contributed by atoms with Crippen LogP contribution in [0.3, 0.4) is 0 Å². The van der Waals surface area contributed by atoms with Crippen molar-refractivity contribution in [1.82, 2.24) is 9.55 Å². The smallest absolute Gasteiger partial charge is 0.289 e. The minimum atomic E-state index is -0.461. The van der Waals surface area contributed by atoms with Crippen molar-refractivity contribution >= 4 is 0 Å². The molecule has 0 aliphatic rings. The van der Waals surface area contributed by atoms with E-state index in [0.29, 0.717) is 5.56 Å². The summed E-state index contributed by atoms with van der Waals surface area (Å²) in [6.45, 7) is 3.94. The van der Waals surface area contributed by atoms with Gasteiger partial charge in [0.2, 0.25) is 0 Å². The topological polar surface area (TPSA) is 54.9 Å². The van der Waals surface area contributed by atoms with Crippen LogP contribution in [0, 0.1) is 12.3 Å². The van der Waals surface area contributed by atoms with Crippen molar-refractivity contribution in [3.8, 4) is 12.3 Å². The van der Waals surface area contributed by atoms with Crippen LogP contribution in [0.25, 0.3) is 0 Å². The third kappa shape index (κ3) is 1.94. The lowest BCUT2D eigenvalue weighted by Gasteiger charge is -2.06. The van der Waals surface area contributed by atoms with Crippen LogP contribution in [0.15, 0.2) is 15.8 Å². The predicted octanol–water partition coefficient (Wildman–Crippen LogP) is 0.293. The Morgan fingerprint density at radius 1 is 1.57 bits per heavy atom. The van der Waals surface area contributed by atoms with Crippen molar-refractivity contribution in [3.63, 3.8) is 0 Å². The third-order valence-electron chi connectivity index (χ3n) is 1.92. The van der Waals surface area contributed by atoms with Gasteiger partial charge in [0, 0.05) is 11.8 Å². The molecular formula is C10H12N2O2. The summed E-state index contributed by atoms with van der Waals surface area (Å²) in [5.74, 6) is 2.42. The van der Waals surface area contributed by atoms with Gasteiger partial charge < -0.3 is 0 Å². The summed E-state index contributed by atoms with van der Waals surface area (Å²) >= 11 is 0. The third-order valence-corrected chi connectivity index (χ3v) is 1.92. The number of nitrogens with one attached hydrogen (secondary N) is 1. The van der Waals surface area contributed by atoms with Crippen molar-refractivity contribution in [1.29, 1.82) is 0 Å². The normalized spacial score (nSPS) is 10.1. The minimum Gasteiger partial charge on any atom is -0.289 e. The zero-order valence-corrected chi connectivity index (χ0v) is 8.20. The Kier molecular flexibility index (Phi) is 2.92. The summed E-state index contributed by atoms with van der Waals surface area (Å²) in [5, 5.41) is 0. The zero-order valence-electron chi connectivity index (χ0n) is 8.20. The molecule has 0 fully saturated rings. The number of aromatic nitrogens is 2. The lowest BCUT2D eigenvalue weighted by molar-refractivity contribution is 0.710. The highest BCUT2D eigenvalue weighted by Crippen LogP contribution is 2.06. The van der Waals surface area contributed by atoms with Crippen molar-refractivity contribution < 1.29 is 0 Å². The Morgan fingerprint density at radius 2 is 2.21 bits per heavy atom. The summed E-state index contributed by atoms with van der Waals surface area (Å²) in [5.41, 5.74) is -0.226. The quantitative estimate of drug-likeness (QED) is 0.685. The molecule has 0 saturated heterocycles. The molecule has 1 N–H and O–H groups in total. The lowest BCUT2D eigenvalue weighted by Crippen LogP contribution is -2.31. The first-order valence-corrected chi connectivity index (χ1v) is 4.33. The molecule has 74 valence electrons. The Hall–Kier alpha value is -1.76. The summed E-state index contributed by atoms with van der Waals surface area (Å²) in [6, 6.07) is 0. The average Bonchev–Trinajstić information content (AvgIpc) is 2.09. The fourth-order valence-electron chi connectivity index (χ4n) is 1.15. The molecule has 1 heterocycles. The van der Waals surface area contributed by atoms with E-state index in [1.165, 1.54) is 10.8 Å². The second-order valence-corrected chi connectivity index (χ2v) is 3.33. The summed E-state index contributed by atoms with van der Waals surface area (Å²) in [7, 11) is 0. The first kappa shape index (κ1) is 10.3. The molecule has 0 radical (unpaired) electrons. The lowest BCUT2D eigenvalue weighted by atomic mass is 10.1. The molecule has 0 bridgehead atoms. The molecule has 0 saturated carbocycles. The van der Waals surface area contributed by atoms with Crippen molar-refractivity contribution in [2.45, 2.75) is 26.3 Å².